The summed E-state index contributed by atoms with van der Waals surface area (Å²) < 4.78 is 2.02. The summed E-state index contributed by atoms with van der Waals surface area (Å²) in [4.78, 5) is 16.9. The minimum absolute atomic E-state index is 0.434. The molecule has 18 heavy (non-hydrogen) atoms. The first-order valence-electron chi connectivity index (χ1n) is 5.28. The molecule has 0 unspecified atom stereocenters. The van der Waals surface area contributed by atoms with Gasteiger partial charge in [-0.2, -0.15) is 0 Å². The van der Waals surface area contributed by atoms with Gasteiger partial charge < -0.3 is 5.73 Å². The third kappa shape index (κ3) is 2.90. The minimum Gasteiger partial charge on any atom is -0.365 e. The van der Waals surface area contributed by atoms with Gasteiger partial charge in [-0.1, -0.05) is 18.2 Å². The van der Waals surface area contributed by atoms with E-state index < -0.39 is 5.91 Å². The van der Waals surface area contributed by atoms with Gasteiger partial charge in [0.25, 0.3) is 5.91 Å². The Balaban J connectivity index is 2.39. The Morgan fingerprint density at radius 3 is 2.72 bits per heavy atom. The summed E-state index contributed by atoms with van der Waals surface area (Å²) in [6, 6.07) is 7.97. The van der Waals surface area contributed by atoms with Crippen molar-refractivity contribution in [3.05, 3.63) is 35.3 Å². The minimum atomic E-state index is -0.434. The standard InChI is InChI=1S/C12H13N3OS2/c1-15(2)18-9-6-4-3-5-8(9)12-14-7-10(17-12)11(13)16/h3-7H,1-2H3,(H2,13,16). The molecule has 2 rings (SSSR count). The smallest absolute Gasteiger partial charge is 0.260 e. The molecule has 1 amide bonds. The molecule has 2 aromatic rings. The molecular weight excluding hydrogens is 266 g/mol. The van der Waals surface area contributed by atoms with E-state index in [-0.39, 0.29) is 0 Å². The van der Waals surface area contributed by atoms with Crippen LogP contribution in [-0.4, -0.2) is 29.3 Å². The maximum absolute atomic E-state index is 11.1. The van der Waals surface area contributed by atoms with Crippen LogP contribution in [0.3, 0.4) is 0 Å². The van der Waals surface area contributed by atoms with E-state index in [4.69, 9.17) is 5.73 Å². The fourth-order valence-electron chi connectivity index (χ4n) is 1.43. The number of rotatable bonds is 4. The number of nitrogens with zero attached hydrogens (tertiary/aromatic N) is 2. The lowest BCUT2D eigenvalue weighted by Crippen LogP contribution is -2.08. The number of thiazole rings is 1. The highest BCUT2D eigenvalue weighted by molar-refractivity contribution is 7.97. The zero-order chi connectivity index (χ0) is 13.1. The molecule has 0 atom stereocenters. The van der Waals surface area contributed by atoms with Gasteiger partial charge >= 0.3 is 0 Å². The summed E-state index contributed by atoms with van der Waals surface area (Å²) in [5.74, 6) is -0.434. The molecule has 0 spiro atoms. The largest absolute Gasteiger partial charge is 0.365 e. The fourth-order valence-corrected chi connectivity index (χ4v) is 3.10. The van der Waals surface area contributed by atoms with Crippen LogP contribution >= 0.6 is 23.3 Å². The van der Waals surface area contributed by atoms with Gasteiger partial charge in [-0.15, -0.1) is 11.3 Å². The summed E-state index contributed by atoms with van der Waals surface area (Å²) in [6.07, 6.45) is 1.53. The van der Waals surface area contributed by atoms with Crippen molar-refractivity contribution in [1.82, 2.24) is 9.29 Å². The number of aromatic nitrogens is 1. The zero-order valence-electron chi connectivity index (χ0n) is 10.1. The number of carbonyl (C=O) groups excluding carboxylic acids is 1. The predicted molar refractivity (Wildman–Crippen MR) is 75.6 cm³/mol. The number of primary amides is 1. The third-order valence-electron chi connectivity index (χ3n) is 2.15. The Hall–Kier alpha value is -1.37. The highest BCUT2D eigenvalue weighted by atomic mass is 32.2. The highest BCUT2D eigenvalue weighted by Gasteiger charge is 2.12. The van der Waals surface area contributed by atoms with Crippen LogP contribution in [0.2, 0.25) is 0 Å². The second-order valence-electron chi connectivity index (χ2n) is 3.79. The lowest BCUT2D eigenvalue weighted by molar-refractivity contribution is 0.100. The predicted octanol–water partition coefficient (Wildman–Crippen LogP) is 2.48. The van der Waals surface area contributed by atoms with Gasteiger partial charge in [-0.25, -0.2) is 4.98 Å². The maximum atomic E-state index is 11.1. The zero-order valence-corrected chi connectivity index (χ0v) is 11.7. The normalized spacial score (nSPS) is 10.8. The van der Waals surface area contributed by atoms with Crippen molar-refractivity contribution in [2.45, 2.75) is 4.90 Å². The maximum Gasteiger partial charge on any atom is 0.260 e. The van der Waals surface area contributed by atoms with Crippen LogP contribution in [-0.2, 0) is 0 Å². The molecular formula is C12H13N3OS2. The quantitative estimate of drug-likeness (QED) is 0.874. The van der Waals surface area contributed by atoms with Crippen molar-refractivity contribution in [3.8, 4) is 10.6 Å². The van der Waals surface area contributed by atoms with Crippen LogP contribution < -0.4 is 5.73 Å². The molecule has 0 saturated heterocycles. The molecule has 4 nitrogen and oxygen atoms in total. The topological polar surface area (TPSA) is 59.2 Å². The molecule has 6 heteroatoms. The van der Waals surface area contributed by atoms with Crippen molar-refractivity contribution < 1.29 is 4.79 Å². The van der Waals surface area contributed by atoms with Crippen molar-refractivity contribution in [2.75, 3.05) is 14.1 Å². The average molecular weight is 279 g/mol. The summed E-state index contributed by atoms with van der Waals surface area (Å²) in [7, 11) is 3.97. The molecule has 0 radical (unpaired) electrons. The van der Waals surface area contributed by atoms with Gasteiger partial charge in [-0.3, -0.25) is 9.10 Å². The molecule has 0 bridgehead atoms. The lowest BCUT2D eigenvalue weighted by Gasteiger charge is -2.11. The lowest BCUT2D eigenvalue weighted by atomic mass is 10.2. The number of hydrogen-bond donors (Lipinski definition) is 1. The molecule has 0 aliphatic heterocycles. The second kappa shape index (κ2) is 5.51. The SMILES string of the molecule is CN(C)Sc1ccccc1-c1ncc(C(N)=O)s1. The first-order chi connectivity index (χ1) is 8.58. The van der Waals surface area contributed by atoms with Gasteiger partial charge in [0, 0.05) is 10.5 Å². The summed E-state index contributed by atoms with van der Waals surface area (Å²) >= 11 is 2.94. The van der Waals surface area contributed by atoms with Gasteiger partial charge in [0.2, 0.25) is 0 Å². The number of benzene rings is 1. The number of nitrogens with two attached hydrogens (primary N) is 1. The van der Waals surface area contributed by atoms with E-state index in [0.717, 1.165) is 15.5 Å². The Morgan fingerprint density at radius 1 is 1.39 bits per heavy atom. The molecule has 2 N–H and O–H groups in total. The Kier molecular flexibility index (Phi) is 4.00. The Labute approximate surface area is 114 Å². The Morgan fingerprint density at radius 2 is 2.11 bits per heavy atom. The van der Waals surface area contributed by atoms with Crippen molar-refractivity contribution >= 4 is 29.2 Å². The van der Waals surface area contributed by atoms with Gasteiger partial charge in [0.1, 0.15) is 9.88 Å². The molecule has 0 aliphatic rings. The van der Waals surface area contributed by atoms with Crippen LogP contribution in [0, 0.1) is 0 Å². The van der Waals surface area contributed by atoms with Crippen LogP contribution in [0.25, 0.3) is 10.6 Å². The summed E-state index contributed by atoms with van der Waals surface area (Å²) in [5.41, 5.74) is 6.26. The van der Waals surface area contributed by atoms with Crippen molar-refractivity contribution in [1.29, 1.82) is 0 Å². The van der Waals surface area contributed by atoms with Gasteiger partial charge in [0.15, 0.2) is 0 Å². The molecule has 0 saturated carbocycles. The van der Waals surface area contributed by atoms with E-state index in [1.54, 1.807) is 11.9 Å². The third-order valence-corrected chi connectivity index (χ3v) is 4.11. The molecule has 94 valence electrons. The van der Waals surface area contributed by atoms with E-state index in [2.05, 4.69) is 4.98 Å². The number of amides is 1. The van der Waals surface area contributed by atoms with Crippen molar-refractivity contribution in [2.24, 2.45) is 5.73 Å². The van der Waals surface area contributed by atoms with Crippen molar-refractivity contribution in [3.63, 3.8) is 0 Å². The average Bonchev–Trinajstić information content (AvgIpc) is 2.78. The first-order valence-corrected chi connectivity index (χ1v) is 6.87. The fraction of sp³-hybridized carbons (Fsp3) is 0.167. The first kappa shape index (κ1) is 13.1. The van der Waals surface area contributed by atoms with Crippen LogP contribution in [0.15, 0.2) is 35.4 Å². The van der Waals surface area contributed by atoms with E-state index >= 15 is 0 Å². The van der Waals surface area contributed by atoms with E-state index in [0.29, 0.717) is 4.88 Å². The van der Waals surface area contributed by atoms with Crippen LogP contribution in [0.1, 0.15) is 9.67 Å². The summed E-state index contributed by atoms with van der Waals surface area (Å²) in [6.45, 7) is 0. The highest BCUT2D eigenvalue weighted by Crippen LogP contribution is 2.34. The Bertz CT molecular complexity index is 566. The second-order valence-corrected chi connectivity index (χ2v) is 6.18. The molecule has 1 aromatic heterocycles. The van der Waals surface area contributed by atoms with E-state index in [1.165, 1.54) is 17.5 Å². The number of carbonyl (C=O) groups is 1. The summed E-state index contributed by atoms with van der Waals surface area (Å²) in [5, 5.41) is 0.814. The monoisotopic (exact) mass is 279 g/mol. The van der Waals surface area contributed by atoms with Gasteiger partial charge in [-0.05, 0) is 32.1 Å². The van der Waals surface area contributed by atoms with Crippen LogP contribution in [0.5, 0.6) is 0 Å². The molecule has 1 aromatic carbocycles. The van der Waals surface area contributed by atoms with Crippen LogP contribution in [0.4, 0.5) is 0 Å². The molecule has 0 aliphatic carbocycles. The van der Waals surface area contributed by atoms with E-state index in [9.17, 15) is 4.79 Å². The van der Waals surface area contributed by atoms with Gasteiger partial charge in [0.05, 0.1) is 6.20 Å². The van der Waals surface area contributed by atoms with E-state index in [1.807, 2.05) is 42.7 Å². The molecule has 1 heterocycles. The molecule has 0 fully saturated rings. The number of hydrogen-bond acceptors (Lipinski definition) is 5.